The molecule has 2 aromatic carbocycles. The van der Waals surface area contributed by atoms with Gasteiger partial charge in [-0.05, 0) is 29.8 Å². The van der Waals surface area contributed by atoms with E-state index in [0.717, 1.165) is 27.2 Å². The van der Waals surface area contributed by atoms with Gasteiger partial charge in [-0.3, -0.25) is 4.79 Å². The van der Waals surface area contributed by atoms with E-state index in [2.05, 4.69) is 10.3 Å². The van der Waals surface area contributed by atoms with Gasteiger partial charge in [0.15, 0.2) is 0 Å². The molecule has 1 aromatic heterocycles. The third-order valence-electron chi connectivity index (χ3n) is 3.55. The molecule has 1 amide bonds. The molecule has 0 radical (unpaired) electrons. The van der Waals surface area contributed by atoms with Crippen molar-refractivity contribution in [3.63, 3.8) is 0 Å². The summed E-state index contributed by atoms with van der Waals surface area (Å²) in [5.74, 6) is 1.12. The van der Waals surface area contributed by atoms with E-state index in [1.54, 1.807) is 7.11 Å². The van der Waals surface area contributed by atoms with Crippen LogP contribution < -0.4 is 10.1 Å². The number of aromatic nitrogens is 1. The highest BCUT2D eigenvalue weighted by Gasteiger charge is 2.05. The van der Waals surface area contributed by atoms with Crippen molar-refractivity contribution in [2.24, 2.45) is 0 Å². The number of carbonyl (C=O) groups excluding carboxylic acids is 1. The van der Waals surface area contributed by atoms with Crippen molar-refractivity contribution in [1.29, 1.82) is 0 Å². The molecule has 0 atom stereocenters. The summed E-state index contributed by atoms with van der Waals surface area (Å²) in [4.78, 5) is 16.6. The van der Waals surface area contributed by atoms with Crippen molar-refractivity contribution < 1.29 is 9.53 Å². The Labute approximate surface area is 145 Å². The predicted octanol–water partition coefficient (Wildman–Crippen LogP) is 3.65. The van der Waals surface area contributed by atoms with Gasteiger partial charge in [0.1, 0.15) is 5.75 Å². The van der Waals surface area contributed by atoms with E-state index in [-0.39, 0.29) is 5.91 Å². The molecule has 0 aliphatic heterocycles. The average Bonchev–Trinajstić information content (AvgIpc) is 2.64. The molecule has 3 rings (SSSR count). The van der Waals surface area contributed by atoms with E-state index in [1.807, 2.05) is 60.7 Å². The zero-order chi connectivity index (χ0) is 16.8. The van der Waals surface area contributed by atoms with E-state index < -0.39 is 0 Å². The van der Waals surface area contributed by atoms with Crippen molar-refractivity contribution in [3.05, 3.63) is 66.2 Å². The third kappa shape index (κ3) is 4.26. The minimum Gasteiger partial charge on any atom is -0.497 e. The van der Waals surface area contributed by atoms with Gasteiger partial charge in [0.05, 0.1) is 23.4 Å². The van der Waals surface area contributed by atoms with Gasteiger partial charge < -0.3 is 10.1 Å². The molecule has 5 heteroatoms. The average molecular weight is 338 g/mol. The Morgan fingerprint density at radius 3 is 2.88 bits per heavy atom. The molecule has 0 aliphatic carbocycles. The molecular formula is C19H18N2O2S. The van der Waals surface area contributed by atoms with Crippen LogP contribution in [0.1, 0.15) is 5.56 Å². The second-order valence-electron chi connectivity index (χ2n) is 5.26. The number of benzene rings is 2. The maximum atomic E-state index is 12.0. The first-order valence-corrected chi connectivity index (χ1v) is 8.61. The van der Waals surface area contributed by atoms with Crippen LogP contribution in [0.2, 0.25) is 0 Å². The van der Waals surface area contributed by atoms with Crippen LogP contribution >= 0.6 is 11.8 Å². The summed E-state index contributed by atoms with van der Waals surface area (Å²) >= 11 is 1.44. The number of fused-ring (bicyclic) bond motifs is 1. The summed E-state index contributed by atoms with van der Waals surface area (Å²) in [6.07, 6.45) is 0. The number of amides is 1. The molecule has 1 heterocycles. The quantitative estimate of drug-likeness (QED) is 0.697. The van der Waals surface area contributed by atoms with Crippen LogP contribution in [0.5, 0.6) is 5.75 Å². The van der Waals surface area contributed by atoms with E-state index >= 15 is 0 Å². The first-order chi connectivity index (χ1) is 11.7. The second-order valence-corrected chi connectivity index (χ2v) is 6.25. The lowest BCUT2D eigenvalue weighted by Gasteiger charge is -2.07. The number of hydrogen-bond acceptors (Lipinski definition) is 4. The van der Waals surface area contributed by atoms with E-state index in [1.165, 1.54) is 11.8 Å². The highest BCUT2D eigenvalue weighted by Crippen LogP contribution is 2.19. The highest BCUT2D eigenvalue weighted by molar-refractivity contribution is 7.99. The Bertz CT molecular complexity index is 851. The Balaban J connectivity index is 1.52. The van der Waals surface area contributed by atoms with Crippen LogP contribution in [-0.4, -0.2) is 23.8 Å². The molecule has 24 heavy (non-hydrogen) atoms. The number of carbonyl (C=O) groups is 1. The first kappa shape index (κ1) is 16.3. The lowest BCUT2D eigenvalue weighted by atomic mass is 10.2. The van der Waals surface area contributed by atoms with Crippen LogP contribution in [-0.2, 0) is 11.3 Å². The maximum Gasteiger partial charge on any atom is 0.230 e. The smallest absolute Gasteiger partial charge is 0.230 e. The summed E-state index contributed by atoms with van der Waals surface area (Å²) in [6.45, 7) is 0.488. The molecule has 0 bridgehead atoms. The number of nitrogens with one attached hydrogen (secondary N) is 1. The summed E-state index contributed by atoms with van der Waals surface area (Å²) in [6, 6.07) is 19.6. The zero-order valence-corrected chi connectivity index (χ0v) is 14.2. The fourth-order valence-corrected chi connectivity index (χ4v) is 3.01. The Morgan fingerprint density at radius 2 is 2.00 bits per heavy atom. The summed E-state index contributed by atoms with van der Waals surface area (Å²) < 4.78 is 5.18. The van der Waals surface area contributed by atoms with Gasteiger partial charge in [-0.1, -0.05) is 48.2 Å². The topological polar surface area (TPSA) is 51.2 Å². The van der Waals surface area contributed by atoms with Gasteiger partial charge >= 0.3 is 0 Å². The lowest BCUT2D eigenvalue weighted by Crippen LogP contribution is -2.24. The van der Waals surface area contributed by atoms with Gasteiger partial charge in [0, 0.05) is 11.9 Å². The van der Waals surface area contributed by atoms with E-state index in [0.29, 0.717) is 12.3 Å². The Hall–Kier alpha value is -2.53. The molecule has 0 unspecified atom stereocenters. The lowest BCUT2D eigenvalue weighted by molar-refractivity contribution is -0.118. The van der Waals surface area contributed by atoms with E-state index in [9.17, 15) is 4.79 Å². The van der Waals surface area contributed by atoms with Gasteiger partial charge in [0.2, 0.25) is 5.91 Å². The molecule has 122 valence electrons. The van der Waals surface area contributed by atoms with Crippen LogP contribution in [0.25, 0.3) is 10.9 Å². The van der Waals surface area contributed by atoms with Crippen LogP contribution in [0, 0.1) is 0 Å². The van der Waals surface area contributed by atoms with E-state index in [4.69, 9.17) is 4.74 Å². The predicted molar refractivity (Wildman–Crippen MR) is 97.3 cm³/mol. The maximum absolute atomic E-state index is 12.0. The Kier molecular flexibility index (Phi) is 5.33. The number of thioether (sulfide) groups is 1. The number of hydrogen-bond donors (Lipinski definition) is 1. The zero-order valence-electron chi connectivity index (χ0n) is 13.4. The van der Waals surface area contributed by atoms with Crippen molar-refractivity contribution in [2.45, 2.75) is 11.6 Å². The number of pyridine rings is 1. The standard InChI is InChI=1S/C19H18N2O2S/c1-23-16-7-4-5-14(11-16)12-20-18(22)13-24-19-10-9-15-6-2-3-8-17(15)21-19/h2-11H,12-13H2,1H3,(H,20,22). The fourth-order valence-electron chi connectivity index (χ4n) is 2.30. The molecule has 0 saturated carbocycles. The molecule has 1 N–H and O–H groups in total. The van der Waals surface area contributed by atoms with Crippen LogP contribution in [0.4, 0.5) is 0 Å². The number of ether oxygens (including phenoxy) is 1. The minimum absolute atomic E-state index is 0.0159. The third-order valence-corrected chi connectivity index (χ3v) is 4.48. The van der Waals surface area contributed by atoms with Crippen molar-refractivity contribution >= 4 is 28.6 Å². The number of methoxy groups -OCH3 is 1. The monoisotopic (exact) mass is 338 g/mol. The Morgan fingerprint density at radius 1 is 1.12 bits per heavy atom. The molecule has 0 saturated heterocycles. The summed E-state index contributed by atoms with van der Waals surface area (Å²) in [5, 5.41) is 4.87. The van der Waals surface area contributed by atoms with Gasteiger partial charge in [-0.15, -0.1) is 0 Å². The number of para-hydroxylation sites is 1. The minimum atomic E-state index is -0.0159. The van der Waals surface area contributed by atoms with Gasteiger partial charge in [0.25, 0.3) is 0 Å². The van der Waals surface area contributed by atoms with Crippen molar-refractivity contribution in [2.75, 3.05) is 12.9 Å². The SMILES string of the molecule is COc1cccc(CNC(=O)CSc2ccc3ccccc3n2)c1. The molecule has 0 spiro atoms. The molecule has 3 aromatic rings. The van der Waals surface area contributed by atoms with Crippen LogP contribution in [0.15, 0.2) is 65.7 Å². The molecule has 0 aliphatic rings. The second kappa shape index (κ2) is 7.84. The van der Waals surface area contributed by atoms with Crippen molar-refractivity contribution in [1.82, 2.24) is 10.3 Å². The normalized spacial score (nSPS) is 10.5. The molecule has 4 nitrogen and oxygen atoms in total. The van der Waals surface area contributed by atoms with Gasteiger partial charge in [-0.25, -0.2) is 4.98 Å². The summed E-state index contributed by atoms with van der Waals surface area (Å²) in [7, 11) is 1.63. The number of rotatable bonds is 6. The number of nitrogens with zero attached hydrogens (tertiary/aromatic N) is 1. The largest absolute Gasteiger partial charge is 0.497 e. The highest BCUT2D eigenvalue weighted by atomic mass is 32.2. The van der Waals surface area contributed by atoms with Crippen LogP contribution in [0.3, 0.4) is 0 Å². The first-order valence-electron chi connectivity index (χ1n) is 7.63. The fraction of sp³-hybridized carbons (Fsp3) is 0.158. The molecule has 0 fully saturated rings. The van der Waals surface area contributed by atoms with Crippen molar-refractivity contribution in [3.8, 4) is 5.75 Å². The summed E-state index contributed by atoms with van der Waals surface area (Å²) in [5.41, 5.74) is 1.95. The molecular weight excluding hydrogens is 320 g/mol. The van der Waals surface area contributed by atoms with Gasteiger partial charge in [-0.2, -0.15) is 0 Å².